The lowest BCUT2D eigenvalue weighted by Crippen LogP contribution is -2.13. The van der Waals surface area contributed by atoms with Crippen LogP contribution in [-0.2, 0) is 6.42 Å². The molecule has 0 amide bonds. The molecule has 0 aromatic heterocycles. The molecule has 3 aliphatic rings. The van der Waals surface area contributed by atoms with Crippen LogP contribution in [0.2, 0.25) is 0 Å². The van der Waals surface area contributed by atoms with Crippen LogP contribution in [0.3, 0.4) is 0 Å². The van der Waals surface area contributed by atoms with Crippen molar-refractivity contribution < 1.29 is 0 Å². The third kappa shape index (κ3) is 1.04. The molecule has 0 N–H and O–H groups in total. The van der Waals surface area contributed by atoms with E-state index in [1.54, 1.807) is 16.0 Å². The van der Waals surface area contributed by atoms with Gasteiger partial charge in [-0.25, -0.2) is 0 Å². The summed E-state index contributed by atoms with van der Waals surface area (Å²) in [6.45, 7) is 0. The molecule has 5 rings (SSSR count). The van der Waals surface area contributed by atoms with Crippen LogP contribution in [0, 0.1) is 0 Å². The van der Waals surface area contributed by atoms with Crippen LogP contribution in [0.25, 0.3) is 0 Å². The van der Waals surface area contributed by atoms with Crippen molar-refractivity contribution >= 4 is 35.0 Å². The van der Waals surface area contributed by atoms with Gasteiger partial charge in [-0.3, -0.25) is 0 Å². The molecule has 1 aliphatic carbocycles. The maximum Gasteiger partial charge on any atom is 0.0360 e. The van der Waals surface area contributed by atoms with E-state index in [4.69, 9.17) is 0 Å². The summed E-state index contributed by atoms with van der Waals surface area (Å²) < 4.78 is 0. The van der Waals surface area contributed by atoms with Crippen LogP contribution in [0.5, 0.6) is 0 Å². The highest BCUT2D eigenvalue weighted by atomic mass is 33.5. The van der Waals surface area contributed by atoms with Crippen LogP contribution < -0.4 is 0 Å². The Kier molecular flexibility index (Phi) is 1.66. The quantitative estimate of drug-likeness (QED) is 0.437. The molecule has 0 fully saturated rings. The predicted molar refractivity (Wildman–Crippen MR) is 78.2 cm³/mol. The molecule has 2 aromatic carbocycles. The minimum Gasteiger partial charge on any atom is -0.0608 e. The van der Waals surface area contributed by atoms with Crippen molar-refractivity contribution in [3.8, 4) is 0 Å². The fraction of sp³-hybridized carbons (Fsp3) is 0.0714. The maximum absolute atomic E-state index is 2.30. The Bertz CT molecular complexity index is 669. The van der Waals surface area contributed by atoms with E-state index < -0.39 is 0 Å². The Morgan fingerprint density at radius 1 is 0.824 bits per heavy atom. The highest BCUT2D eigenvalue weighted by Gasteiger charge is 2.36. The molecule has 0 saturated heterocycles. The lowest BCUT2D eigenvalue weighted by atomic mass is 9.86. The molecule has 0 atom stereocenters. The zero-order chi connectivity index (χ0) is 11.0. The zero-order valence-electron chi connectivity index (χ0n) is 8.90. The fourth-order valence-corrected chi connectivity index (χ4v) is 10.3. The van der Waals surface area contributed by atoms with Crippen molar-refractivity contribution in [2.45, 2.75) is 16.2 Å². The molecule has 0 saturated carbocycles. The van der Waals surface area contributed by atoms with Gasteiger partial charge in [0.2, 0.25) is 0 Å². The molecule has 0 bridgehead atoms. The molecule has 0 unspecified atom stereocenters. The summed E-state index contributed by atoms with van der Waals surface area (Å²) in [4.78, 5) is 4.66. The Morgan fingerprint density at radius 2 is 1.41 bits per heavy atom. The average molecular weight is 272 g/mol. The first-order valence-corrected chi connectivity index (χ1v) is 9.53. The van der Waals surface area contributed by atoms with Gasteiger partial charge in [0.25, 0.3) is 0 Å². The van der Waals surface area contributed by atoms with Gasteiger partial charge in [-0.2, -0.15) is 0 Å². The van der Waals surface area contributed by atoms with E-state index in [1.807, 2.05) is 0 Å². The zero-order valence-corrected chi connectivity index (χ0v) is 11.3. The van der Waals surface area contributed by atoms with Gasteiger partial charge in [0.15, 0.2) is 0 Å². The largest absolute Gasteiger partial charge is 0.0608 e. The molecule has 82 valence electrons. The van der Waals surface area contributed by atoms with Crippen LogP contribution in [0.1, 0.15) is 22.3 Å². The molecule has 0 radical (unpaired) electrons. The number of rotatable bonds is 0. The molecule has 17 heavy (non-hydrogen) atoms. The van der Waals surface area contributed by atoms with Crippen LogP contribution in [-0.4, -0.2) is 4.86 Å². The maximum atomic E-state index is 2.30. The first-order chi connectivity index (χ1) is 8.42. The summed E-state index contributed by atoms with van der Waals surface area (Å²) in [7, 11) is 4.45. The molecule has 0 nitrogen and oxygen atoms in total. The minimum atomic E-state index is 0.320. The van der Waals surface area contributed by atoms with E-state index in [-0.39, 0.29) is 0 Å². The van der Waals surface area contributed by atoms with E-state index in [1.165, 1.54) is 20.9 Å². The highest BCUT2D eigenvalue weighted by Crippen LogP contribution is 2.65. The standard InChI is InChI=1S/C14H8S3/c1-3-8-7-9-4-2-6-11-13(9)14-12(8)10(5-1)15-17(14)16-11/h1-6H,7H2. The number of hydrogen-bond donors (Lipinski definition) is 0. The van der Waals surface area contributed by atoms with Crippen molar-refractivity contribution in [1.82, 2.24) is 0 Å². The van der Waals surface area contributed by atoms with E-state index in [9.17, 15) is 0 Å². The van der Waals surface area contributed by atoms with Gasteiger partial charge in [-0.05, 0) is 29.7 Å². The van der Waals surface area contributed by atoms with Crippen molar-refractivity contribution in [2.75, 3.05) is 0 Å². The topological polar surface area (TPSA) is 0 Å². The normalized spacial score (nSPS) is 18.7. The second-order valence-corrected chi connectivity index (χ2v) is 10.2. The van der Waals surface area contributed by atoms with E-state index >= 15 is 0 Å². The van der Waals surface area contributed by atoms with E-state index in [0.29, 0.717) is 8.55 Å². The minimum absolute atomic E-state index is 0.320. The van der Waals surface area contributed by atoms with Gasteiger partial charge >= 0.3 is 0 Å². The third-order valence-corrected chi connectivity index (χ3v) is 9.85. The molecule has 2 heterocycles. The Labute approximate surface area is 110 Å². The lowest BCUT2D eigenvalue weighted by molar-refractivity contribution is 1.11. The second-order valence-electron chi connectivity index (χ2n) is 4.49. The van der Waals surface area contributed by atoms with Crippen LogP contribution in [0.4, 0.5) is 0 Å². The summed E-state index contributed by atoms with van der Waals surface area (Å²) in [6.07, 6.45) is 1.12. The van der Waals surface area contributed by atoms with Crippen molar-refractivity contribution in [3.05, 3.63) is 58.7 Å². The van der Waals surface area contributed by atoms with Crippen molar-refractivity contribution in [3.63, 3.8) is 0 Å². The summed E-state index contributed by atoms with van der Waals surface area (Å²) >= 11 is 0. The smallest absolute Gasteiger partial charge is 0.0360 e. The first kappa shape index (κ1) is 9.31. The molecule has 3 heteroatoms. The summed E-state index contributed by atoms with van der Waals surface area (Å²) in [5.41, 5.74) is 6.22. The van der Waals surface area contributed by atoms with Gasteiger partial charge in [-0.1, -0.05) is 54.4 Å². The van der Waals surface area contributed by atoms with Gasteiger partial charge in [0, 0.05) is 25.8 Å². The average Bonchev–Trinajstić information content (AvgIpc) is 2.86. The molecule has 2 aromatic rings. The third-order valence-electron chi connectivity index (χ3n) is 3.56. The Morgan fingerprint density at radius 3 is 2.00 bits per heavy atom. The van der Waals surface area contributed by atoms with Crippen LogP contribution in [0.15, 0.2) is 46.2 Å². The lowest BCUT2D eigenvalue weighted by Gasteiger charge is -2.20. The SMILES string of the molecule is c1cc2c3c(c1)SS1=C3c3c(cccc3S1)C2. The van der Waals surface area contributed by atoms with Gasteiger partial charge in [-0.15, -0.1) is 0 Å². The molecule has 2 aliphatic heterocycles. The number of benzene rings is 2. The Balaban J connectivity index is 1.97. The van der Waals surface area contributed by atoms with E-state index in [2.05, 4.69) is 58.0 Å². The highest BCUT2D eigenvalue weighted by molar-refractivity contribution is 9.16. The summed E-state index contributed by atoms with van der Waals surface area (Å²) in [6, 6.07) is 13.6. The molecule has 0 spiro atoms. The second kappa shape index (κ2) is 3.02. The van der Waals surface area contributed by atoms with Gasteiger partial charge < -0.3 is 0 Å². The first-order valence-electron chi connectivity index (χ1n) is 5.64. The molecular weight excluding hydrogens is 264 g/mol. The van der Waals surface area contributed by atoms with E-state index in [0.717, 1.165) is 6.42 Å². The molecular formula is C14H8S3. The van der Waals surface area contributed by atoms with Crippen molar-refractivity contribution in [2.24, 2.45) is 0 Å². The number of hydrogen-bond acceptors (Lipinski definition) is 2. The summed E-state index contributed by atoms with van der Waals surface area (Å²) in [5, 5.41) is 0. The van der Waals surface area contributed by atoms with Crippen molar-refractivity contribution in [1.29, 1.82) is 0 Å². The van der Waals surface area contributed by atoms with Gasteiger partial charge in [0.05, 0.1) is 0 Å². The fourth-order valence-electron chi connectivity index (χ4n) is 2.86. The Hall–Kier alpha value is -0.640. The monoisotopic (exact) mass is 272 g/mol. The predicted octanol–water partition coefficient (Wildman–Crippen LogP) is 4.47. The summed E-state index contributed by atoms with van der Waals surface area (Å²) in [5.74, 6) is 0. The van der Waals surface area contributed by atoms with Gasteiger partial charge in [0.1, 0.15) is 0 Å². The van der Waals surface area contributed by atoms with Crippen LogP contribution >= 0.6 is 30.1 Å².